The van der Waals surface area contributed by atoms with Gasteiger partial charge in [0.1, 0.15) is 12.4 Å². The highest BCUT2D eigenvalue weighted by molar-refractivity contribution is 5.96. The first-order chi connectivity index (χ1) is 11.3. The lowest BCUT2D eigenvalue weighted by Crippen LogP contribution is -1.96. The summed E-state index contributed by atoms with van der Waals surface area (Å²) in [7, 11) is 1.36. The quantitative estimate of drug-likeness (QED) is 0.574. The number of esters is 1. The number of nitrogens with one attached hydrogen (secondary N) is 1. The Morgan fingerprint density at radius 2 is 1.96 bits per heavy atom. The third-order valence-electron chi connectivity index (χ3n) is 3.56. The van der Waals surface area contributed by atoms with Crippen molar-refractivity contribution in [1.29, 1.82) is 0 Å². The molecule has 0 atom stereocenters. The first-order valence-electron chi connectivity index (χ1n) is 7.31. The van der Waals surface area contributed by atoms with Gasteiger partial charge in [-0.2, -0.15) is 0 Å². The summed E-state index contributed by atoms with van der Waals surface area (Å²) >= 11 is 0. The average molecular weight is 307 g/mol. The van der Waals surface area contributed by atoms with Crippen molar-refractivity contribution in [1.82, 2.24) is 4.98 Å². The van der Waals surface area contributed by atoms with Gasteiger partial charge in [0.25, 0.3) is 0 Å². The molecule has 0 amide bonds. The molecule has 4 heteroatoms. The van der Waals surface area contributed by atoms with Crippen LogP contribution in [-0.4, -0.2) is 18.1 Å². The van der Waals surface area contributed by atoms with Gasteiger partial charge in [0, 0.05) is 17.7 Å². The van der Waals surface area contributed by atoms with E-state index in [1.807, 2.05) is 54.7 Å². The smallest absolute Gasteiger partial charge is 0.330 e. The number of H-pyrrole nitrogens is 1. The van der Waals surface area contributed by atoms with Gasteiger partial charge in [-0.15, -0.1) is 0 Å². The van der Waals surface area contributed by atoms with Gasteiger partial charge in [-0.3, -0.25) is 0 Å². The number of rotatable bonds is 5. The Balaban J connectivity index is 1.84. The molecule has 0 aliphatic heterocycles. The van der Waals surface area contributed by atoms with E-state index in [0.29, 0.717) is 6.61 Å². The number of aromatic nitrogens is 1. The Labute approximate surface area is 134 Å². The summed E-state index contributed by atoms with van der Waals surface area (Å²) < 4.78 is 10.5. The highest BCUT2D eigenvalue weighted by Gasteiger charge is 2.07. The second-order valence-electron chi connectivity index (χ2n) is 5.05. The van der Waals surface area contributed by atoms with E-state index >= 15 is 0 Å². The number of methoxy groups -OCH3 is 1. The number of hydrogen-bond donors (Lipinski definition) is 1. The van der Waals surface area contributed by atoms with Crippen LogP contribution in [-0.2, 0) is 16.1 Å². The molecular weight excluding hydrogens is 290 g/mol. The first-order valence-corrected chi connectivity index (χ1v) is 7.31. The van der Waals surface area contributed by atoms with Crippen LogP contribution in [0.2, 0.25) is 0 Å². The second kappa shape index (κ2) is 6.83. The Hall–Kier alpha value is -3.01. The lowest BCUT2D eigenvalue weighted by molar-refractivity contribution is -0.134. The molecule has 4 nitrogen and oxygen atoms in total. The molecule has 1 aromatic heterocycles. The minimum absolute atomic E-state index is 0.377. The molecule has 0 fully saturated rings. The predicted octanol–water partition coefficient (Wildman–Crippen LogP) is 3.93. The fourth-order valence-electron chi connectivity index (χ4n) is 2.38. The number of ether oxygens (including phenoxy) is 2. The second-order valence-corrected chi connectivity index (χ2v) is 5.05. The summed E-state index contributed by atoms with van der Waals surface area (Å²) in [6.45, 7) is 0.506. The molecule has 0 aliphatic carbocycles. The lowest BCUT2D eigenvalue weighted by atomic mass is 10.1. The van der Waals surface area contributed by atoms with Gasteiger partial charge in [-0.05, 0) is 29.3 Å². The van der Waals surface area contributed by atoms with Crippen molar-refractivity contribution in [2.45, 2.75) is 6.61 Å². The van der Waals surface area contributed by atoms with E-state index in [-0.39, 0.29) is 5.97 Å². The molecule has 0 radical (unpaired) electrons. The number of carbonyl (C=O) groups excluding carboxylic acids is 1. The molecule has 3 rings (SSSR count). The Morgan fingerprint density at radius 3 is 2.74 bits per heavy atom. The van der Waals surface area contributed by atoms with Crippen molar-refractivity contribution in [3.05, 3.63) is 71.9 Å². The van der Waals surface area contributed by atoms with Gasteiger partial charge in [-0.1, -0.05) is 36.4 Å². The number of benzene rings is 2. The summed E-state index contributed by atoms with van der Waals surface area (Å²) in [6.07, 6.45) is 5.00. The van der Waals surface area contributed by atoms with Gasteiger partial charge in [0.05, 0.1) is 12.6 Å². The molecule has 0 saturated carbocycles. The molecule has 0 bridgehead atoms. The van der Waals surface area contributed by atoms with E-state index in [4.69, 9.17) is 4.74 Å². The van der Waals surface area contributed by atoms with E-state index in [1.165, 1.54) is 13.2 Å². The van der Waals surface area contributed by atoms with Crippen molar-refractivity contribution in [2.75, 3.05) is 7.11 Å². The summed E-state index contributed by atoms with van der Waals surface area (Å²) in [6, 6.07) is 15.8. The zero-order chi connectivity index (χ0) is 16.1. The van der Waals surface area contributed by atoms with Crippen LogP contribution >= 0.6 is 0 Å². The Bertz CT molecular complexity index is 834. The van der Waals surface area contributed by atoms with E-state index in [0.717, 1.165) is 27.8 Å². The van der Waals surface area contributed by atoms with Gasteiger partial charge >= 0.3 is 5.97 Å². The number of fused-ring (bicyclic) bond motifs is 1. The molecule has 0 saturated heterocycles. The lowest BCUT2D eigenvalue weighted by Gasteiger charge is -2.09. The SMILES string of the molecule is COC(=O)C=Cc1ccc(OCc2ccccc2)c2[nH]ccc12. The van der Waals surface area contributed by atoms with Crippen molar-refractivity contribution in [3.63, 3.8) is 0 Å². The molecular formula is C19H17NO3. The fraction of sp³-hybridized carbons (Fsp3) is 0.105. The van der Waals surface area contributed by atoms with E-state index in [2.05, 4.69) is 9.72 Å². The summed E-state index contributed by atoms with van der Waals surface area (Å²) in [4.78, 5) is 14.4. The highest BCUT2D eigenvalue weighted by atomic mass is 16.5. The molecule has 1 N–H and O–H groups in total. The van der Waals surface area contributed by atoms with E-state index in [9.17, 15) is 4.79 Å². The molecule has 0 unspecified atom stereocenters. The first kappa shape index (κ1) is 14.9. The third-order valence-corrected chi connectivity index (χ3v) is 3.56. The fourth-order valence-corrected chi connectivity index (χ4v) is 2.38. The number of hydrogen-bond acceptors (Lipinski definition) is 3. The average Bonchev–Trinajstić information content (AvgIpc) is 3.09. The van der Waals surface area contributed by atoms with Gasteiger partial charge in [0.2, 0.25) is 0 Å². The Kier molecular flexibility index (Phi) is 4.43. The van der Waals surface area contributed by atoms with Gasteiger partial charge < -0.3 is 14.5 Å². The van der Waals surface area contributed by atoms with Crippen molar-refractivity contribution in [3.8, 4) is 5.75 Å². The maximum atomic E-state index is 11.2. The molecule has 3 aromatic rings. The standard InChI is InChI=1S/C19H17NO3/c1-22-18(21)10-8-15-7-9-17(19-16(15)11-12-20-19)23-13-14-5-3-2-4-6-14/h2-12,20H,13H2,1H3. The highest BCUT2D eigenvalue weighted by Crippen LogP contribution is 2.29. The predicted molar refractivity (Wildman–Crippen MR) is 90.1 cm³/mol. The van der Waals surface area contributed by atoms with Crippen LogP contribution in [0.25, 0.3) is 17.0 Å². The van der Waals surface area contributed by atoms with Crippen molar-refractivity contribution < 1.29 is 14.3 Å². The summed E-state index contributed by atoms with van der Waals surface area (Å²) in [5.41, 5.74) is 2.95. The minimum atomic E-state index is -0.377. The van der Waals surface area contributed by atoms with Crippen molar-refractivity contribution >= 4 is 22.9 Å². The topological polar surface area (TPSA) is 51.3 Å². The molecule has 0 spiro atoms. The zero-order valence-electron chi connectivity index (χ0n) is 12.8. The van der Waals surface area contributed by atoms with E-state index < -0.39 is 0 Å². The molecule has 1 heterocycles. The van der Waals surface area contributed by atoms with Gasteiger partial charge in [-0.25, -0.2) is 4.79 Å². The molecule has 2 aromatic carbocycles. The van der Waals surface area contributed by atoms with Crippen LogP contribution in [0.15, 0.2) is 60.8 Å². The summed E-state index contributed by atoms with van der Waals surface area (Å²) in [5.74, 6) is 0.405. The van der Waals surface area contributed by atoms with Gasteiger partial charge in [0.15, 0.2) is 0 Å². The zero-order valence-corrected chi connectivity index (χ0v) is 12.8. The monoisotopic (exact) mass is 307 g/mol. The number of aromatic amines is 1. The molecule has 23 heavy (non-hydrogen) atoms. The maximum Gasteiger partial charge on any atom is 0.330 e. The maximum absolute atomic E-state index is 11.2. The van der Waals surface area contributed by atoms with Crippen LogP contribution in [0.1, 0.15) is 11.1 Å². The molecule has 116 valence electrons. The van der Waals surface area contributed by atoms with Crippen LogP contribution in [0.4, 0.5) is 0 Å². The third kappa shape index (κ3) is 3.43. The Morgan fingerprint density at radius 1 is 1.13 bits per heavy atom. The van der Waals surface area contributed by atoms with Crippen LogP contribution in [0.3, 0.4) is 0 Å². The van der Waals surface area contributed by atoms with Crippen molar-refractivity contribution in [2.24, 2.45) is 0 Å². The van der Waals surface area contributed by atoms with Crippen LogP contribution in [0.5, 0.6) is 5.75 Å². The van der Waals surface area contributed by atoms with Crippen LogP contribution in [0, 0.1) is 0 Å². The van der Waals surface area contributed by atoms with E-state index in [1.54, 1.807) is 6.08 Å². The molecule has 0 aliphatic rings. The number of carbonyl (C=O) groups is 1. The normalized spacial score (nSPS) is 11.0. The largest absolute Gasteiger partial charge is 0.487 e. The minimum Gasteiger partial charge on any atom is -0.487 e. The summed E-state index contributed by atoms with van der Waals surface area (Å²) in [5, 5.41) is 0.996. The van der Waals surface area contributed by atoms with Crippen LogP contribution < -0.4 is 4.74 Å².